The van der Waals surface area contributed by atoms with Gasteiger partial charge < -0.3 is 10.2 Å². The standard InChI is InChI=1S/C23H23N3O3S/c27-23(26-16-15-21(17-26)24-19-7-3-1-4-8-19)18-11-13-22(14-12-18)30(28,29)25-20-9-5-2-6-10-20/h1-14,21,24-25H,15-17H2. The predicted molar refractivity (Wildman–Crippen MR) is 118 cm³/mol. The summed E-state index contributed by atoms with van der Waals surface area (Å²) in [7, 11) is -3.70. The molecule has 30 heavy (non-hydrogen) atoms. The van der Waals surface area contributed by atoms with Crippen molar-refractivity contribution in [2.45, 2.75) is 17.4 Å². The molecule has 1 atom stereocenters. The zero-order chi connectivity index (χ0) is 21.0. The van der Waals surface area contributed by atoms with Crippen molar-refractivity contribution in [3.05, 3.63) is 90.5 Å². The number of benzene rings is 3. The minimum atomic E-state index is -3.70. The van der Waals surface area contributed by atoms with Gasteiger partial charge in [-0.3, -0.25) is 9.52 Å². The van der Waals surface area contributed by atoms with Crippen LogP contribution < -0.4 is 10.0 Å². The van der Waals surface area contributed by atoms with Gasteiger partial charge in [-0.25, -0.2) is 8.42 Å². The predicted octanol–water partition coefficient (Wildman–Crippen LogP) is 3.81. The van der Waals surface area contributed by atoms with Gasteiger partial charge in [0, 0.05) is 36.1 Å². The Morgan fingerprint density at radius 2 is 1.43 bits per heavy atom. The third kappa shape index (κ3) is 4.63. The van der Waals surface area contributed by atoms with E-state index in [2.05, 4.69) is 10.0 Å². The summed E-state index contributed by atoms with van der Waals surface area (Å²) >= 11 is 0. The van der Waals surface area contributed by atoms with Crippen LogP contribution in [-0.2, 0) is 10.0 Å². The average Bonchev–Trinajstić information content (AvgIpc) is 3.23. The number of anilines is 2. The maximum absolute atomic E-state index is 12.8. The molecule has 3 aromatic carbocycles. The zero-order valence-corrected chi connectivity index (χ0v) is 17.2. The monoisotopic (exact) mass is 421 g/mol. The highest BCUT2D eigenvalue weighted by Gasteiger charge is 2.27. The molecule has 0 aromatic heterocycles. The molecule has 1 unspecified atom stereocenters. The molecule has 2 N–H and O–H groups in total. The molecule has 1 aliphatic heterocycles. The Balaban J connectivity index is 1.39. The van der Waals surface area contributed by atoms with E-state index < -0.39 is 10.0 Å². The van der Waals surface area contributed by atoms with E-state index in [9.17, 15) is 13.2 Å². The molecule has 4 rings (SSSR count). The summed E-state index contributed by atoms with van der Waals surface area (Å²) in [6.45, 7) is 1.28. The lowest BCUT2D eigenvalue weighted by molar-refractivity contribution is 0.0791. The molecule has 1 fully saturated rings. The molecule has 0 spiro atoms. The summed E-state index contributed by atoms with van der Waals surface area (Å²) in [6.07, 6.45) is 0.869. The Bertz CT molecular complexity index is 1100. The van der Waals surface area contributed by atoms with Gasteiger partial charge >= 0.3 is 0 Å². The minimum absolute atomic E-state index is 0.0904. The molecule has 1 aliphatic rings. The zero-order valence-electron chi connectivity index (χ0n) is 16.4. The number of nitrogens with one attached hydrogen (secondary N) is 2. The summed E-state index contributed by atoms with van der Waals surface area (Å²) in [5.74, 6) is -0.0904. The van der Waals surface area contributed by atoms with Crippen LogP contribution in [0.2, 0.25) is 0 Å². The Hall–Kier alpha value is -3.32. The molecule has 7 heteroatoms. The van der Waals surface area contributed by atoms with E-state index in [0.717, 1.165) is 12.1 Å². The van der Waals surface area contributed by atoms with Crippen molar-refractivity contribution >= 4 is 27.3 Å². The van der Waals surface area contributed by atoms with Gasteiger partial charge in [0.25, 0.3) is 15.9 Å². The van der Waals surface area contributed by atoms with Crippen molar-refractivity contribution in [2.24, 2.45) is 0 Å². The molecule has 0 aliphatic carbocycles. The maximum Gasteiger partial charge on any atom is 0.261 e. The van der Waals surface area contributed by atoms with Gasteiger partial charge in [0.15, 0.2) is 0 Å². The highest BCUT2D eigenvalue weighted by atomic mass is 32.2. The number of likely N-dealkylation sites (tertiary alicyclic amines) is 1. The number of carbonyl (C=O) groups excluding carboxylic acids is 1. The number of carbonyl (C=O) groups is 1. The Morgan fingerprint density at radius 3 is 2.07 bits per heavy atom. The molecule has 0 bridgehead atoms. The van der Waals surface area contributed by atoms with E-state index in [1.807, 2.05) is 36.4 Å². The quantitative estimate of drug-likeness (QED) is 0.634. The van der Waals surface area contributed by atoms with Crippen LogP contribution >= 0.6 is 0 Å². The lowest BCUT2D eigenvalue weighted by Gasteiger charge is -2.18. The third-order valence-electron chi connectivity index (χ3n) is 5.06. The van der Waals surface area contributed by atoms with Crippen molar-refractivity contribution < 1.29 is 13.2 Å². The number of rotatable bonds is 6. The van der Waals surface area contributed by atoms with Gasteiger partial charge in [-0.2, -0.15) is 0 Å². The average molecular weight is 422 g/mol. The first-order valence-electron chi connectivity index (χ1n) is 9.80. The Morgan fingerprint density at radius 1 is 0.833 bits per heavy atom. The summed E-state index contributed by atoms with van der Waals surface area (Å²) < 4.78 is 27.6. The number of para-hydroxylation sites is 2. The fourth-order valence-electron chi connectivity index (χ4n) is 3.51. The van der Waals surface area contributed by atoms with E-state index in [4.69, 9.17) is 0 Å². The van der Waals surface area contributed by atoms with Gasteiger partial charge in [0.1, 0.15) is 0 Å². The molecule has 1 saturated heterocycles. The fourth-order valence-corrected chi connectivity index (χ4v) is 4.57. The molecular weight excluding hydrogens is 398 g/mol. The lowest BCUT2D eigenvalue weighted by atomic mass is 10.2. The second-order valence-electron chi connectivity index (χ2n) is 7.24. The van der Waals surface area contributed by atoms with Crippen molar-refractivity contribution in [2.75, 3.05) is 23.1 Å². The van der Waals surface area contributed by atoms with E-state index >= 15 is 0 Å². The van der Waals surface area contributed by atoms with E-state index in [1.54, 1.807) is 41.3 Å². The van der Waals surface area contributed by atoms with Crippen LogP contribution in [0.15, 0.2) is 89.8 Å². The smallest absolute Gasteiger partial charge is 0.261 e. The van der Waals surface area contributed by atoms with Crippen molar-refractivity contribution in [3.8, 4) is 0 Å². The first-order chi connectivity index (χ1) is 14.5. The van der Waals surface area contributed by atoms with Crippen LogP contribution in [0.4, 0.5) is 11.4 Å². The van der Waals surface area contributed by atoms with Crippen LogP contribution in [0.3, 0.4) is 0 Å². The first-order valence-corrected chi connectivity index (χ1v) is 11.3. The van der Waals surface area contributed by atoms with Gasteiger partial charge in [-0.05, 0) is 55.0 Å². The van der Waals surface area contributed by atoms with Crippen LogP contribution in [-0.4, -0.2) is 38.4 Å². The topological polar surface area (TPSA) is 78.5 Å². The van der Waals surface area contributed by atoms with Crippen LogP contribution in [0, 0.1) is 0 Å². The summed E-state index contributed by atoms with van der Waals surface area (Å²) in [6, 6.07) is 24.9. The van der Waals surface area contributed by atoms with Crippen molar-refractivity contribution in [1.29, 1.82) is 0 Å². The second kappa shape index (κ2) is 8.59. The molecular formula is C23H23N3O3S. The van der Waals surface area contributed by atoms with Gasteiger partial charge in [-0.15, -0.1) is 0 Å². The minimum Gasteiger partial charge on any atom is -0.380 e. The Kier molecular flexibility index (Phi) is 5.72. The summed E-state index contributed by atoms with van der Waals surface area (Å²) in [4.78, 5) is 14.7. The van der Waals surface area contributed by atoms with Crippen molar-refractivity contribution in [1.82, 2.24) is 4.90 Å². The van der Waals surface area contributed by atoms with Gasteiger partial charge in [0.2, 0.25) is 0 Å². The molecule has 6 nitrogen and oxygen atoms in total. The van der Waals surface area contributed by atoms with E-state index in [-0.39, 0.29) is 16.8 Å². The third-order valence-corrected chi connectivity index (χ3v) is 6.45. The highest BCUT2D eigenvalue weighted by Crippen LogP contribution is 2.20. The second-order valence-corrected chi connectivity index (χ2v) is 8.93. The lowest BCUT2D eigenvalue weighted by Crippen LogP contribution is -2.31. The molecule has 1 amide bonds. The summed E-state index contributed by atoms with van der Waals surface area (Å²) in [5, 5.41) is 3.45. The van der Waals surface area contributed by atoms with Crippen LogP contribution in [0.5, 0.6) is 0 Å². The Labute approximate surface area is 176 Å². The normalized spacial score (nSPS) is 16.3. The molecule has 1 heterocycles. The number of nitrogens with zero attached hydrogens (tertiary/aromatic N) is 1. The fraction of sp³-hybridized carbons (Fsp3) is 0.174. The highest BCUT2D eigenvalue weighted by molar-refractivity contribution is 7.92. The van der Waals surface area contributed by atoms with E-state index in [1.165, 1.54) is 12.1 Å². The van der Waals surface area contributed by atoms with Crippen LogP contribution in [0.1, 0.15) is 16.8 Å². The molecule has 0 saturated carbocycles. The number of hydrogen-bond acceptors (Lipinski definition) is 4. The van der Waals surface area contributed by atoms with Gasteiger partial charge in [-0.1, -0.05) is 36.4 Å². The molecule has 3 aromatic rings. The largest absolute Gasteiger partial charge is 0.380 e. The van der Waals surface area contributed by atoms with Crippen LogP contribution in [0.25, 0.3) is 0 Å². The summed E-state index contributed by atoms with van der Waals surface area (Å²) in [5.41, 5.74) is 2.01. The molecule has 154 valence electrons. The number of amides is 1. The SMILES string of the molecule is O=C(c1ccc(S(=O)(=O)Nc2ccccc2)cc1)N1CCC(Nc2ccccc2)C1. The number of sulfonamides is 1. The maximum atomic E-state index is 12.8. The molecule has 0 radical (unpaired) electrons. The van der Waals surface area contributed by atoms with Crippen molar-refractivity contribution in [3.63, 3.8) is 0 Å². The first kappa shape index (κ1) is 20.0. The number of hydrogen-bond donors (Lipinski definition) is 2. The van der Waals surface area contributed by atoms with E-state index in [0.29, 0.717) is 24.3 Å². The van der Waals surface area contributed by atoms with Gasteiger partial charge in [0.05, 0.1) is 4.90 Å².